The van der Waals surface area contributed by atoms with Crippen molar-refractivity contribution in [3.8, 4) is 0 Å². The van der Waals surface area contributed by atoms with Crippen LogP contribution in [0.3, 0.4) is 0 Å². The predicted octanol–water partition coefficient (Wildman–Crippen LogP) is 5.05. The molecule has 2 rings (SSSR count). The van der Waals surface area contributed by atoms with Gasteiger partial charge in [0.1, 0.15) is 0 Å². The summed E-state index contributed by atoms with van der Waals surface area (Å²) in [6.07, 6.45) is 8.35. The molecule has 1 saturated heterocycles. The van der Waals surface area contributed by atoms with Gasteiger partial charge in [-0.15, -0.1) is 0 Å². The molecule has 0 spiro atoms. The molecule has 1 aromatic rings. The fourth-order valence-electron chi connectivity index (χ4n) is 2.65. The first-order valence-electron chi connectivity index (χ1n) is 7.67. The Hall–Kier alpha value is -0.470. The maximum Gasteiger partial charge on any atom is 0.0694 e. The summed E-state index contributed by atoms with van der Waals surface area (Å²) >= 11 is 2.10. The summed E-state index contributed by atoms with van der Waals surface area (Å²) in [5.41, 5.74) is 1.44. The third-order valence-electron chi connectivity index (χ3n) is 3.78. The van der Waals surface area contributed by atoms with E-state index >= 15 is 0 Å². The van der Waals surface area contributed by atoms with E-state index in [1.54, 1.807) is 0 Å². The van der Waals surface area contributed by atoms with Crippen LogP contribution in [0, 0.1) is 0 Å². The van der Waals surface area contributed by atoms with E-state index in [1.165, 1.54) is 44.1 Å². The van der Waals surface area contributed by atoms with E-state index in [0.29, 0.717) is 11.4 Å². The number of ether oxygens (including phenoxy) is 1. The average Bonchev–Trinajstić information content (AvgIpc) is 2.98. The van der Waals surface area contributed by atoms with Gasteiger partial charge >= 0.3 is 0 Å². The van der Waals surface area contributed by atoms with Crippen molar-refractivity contribution in [1.29, 1.82) is 0 Å². The molecule has 1 nitrogen and oxygen atoms in total. The average molecular weight is 278 g/mol. The van der Waals surface area contributed by atoms with E-state index in [-0.39, 0.29) is 0 Å². The molecule has 1 heterocycles. The molecule has 1 aromatic carbocycles. The summed E-state index contributed by atoms with van der Waals surface area (Å²) in [7, 11) is 0. The molecular weight excluding hydrogens is 252 g/mol. The van der Waals surface area contributed by atoms with Gasteiger partial charge < -0.3 is 4.74 Å². The molecule has 106 valence electrons. The van der Waals surface area contributed by atoms with Gasteiger partial charge in [0.15, 0.2) is 0 Å². The van der Waals surface area contributed by atoms with Gasteiger partial charge in [0.05, 0.1) is 6.10 Å². The summed E-state index contributed by atoms with van der Waals surface area (Å²) in [5, 5.41) is 0.689. The van der Waals surface area contributed by atoms with Crippen LogP contribution < -0.4 is 0 Å². The Kier molecular flexibility index (Phi) is 6.80. The Balaban J connectivity index is 1.82. The van der Waals surface area contributed by atoms with Crippen LogP contribution in [-0.2, 0) is 10.5 Å². The lowest BCUT2D eigenvalue weighted by atomic mass is 10.1. The molecule has 0 amide bonds. The highest BCUT2D eigenvalue weighted by Crippen LogP contribution is 2.31. The minimum absolute atomic E-state index is 0.505. The van der Waals surface area contributed by atoms with Crippen LogP contribution in [0.25, 0.3) is 0 Å². The Labute approximate surface area is 122 Å². The molecule has 1 aliphatic rings. The minimum atomic E-state index is 0.505. The SMILES string of the molecule is CCCCC[C@@H](SCc1ccccc1)[C@@H]1CCCO1. The summed E-state index contributed by atoms with van der Waals surface area (Å²) in [6.45, 7) is 3.25. The Morgan fingerprint density at radius 3 is 2.79 bits per heavy atom. The number of unbranched alkanes of at least 4 members (excludes halogenated alkanes) is 2. The van der Waals surface area contributed by atoms with Gasteiger partial charge in [-0.25, -0.2) is 0 Å². The molecule has 0 aliphatic carbocycles. The van der Waals surface area contributed by atoms with Crippen molar-refractivity contribution < 1.29 is 4.74 Å². The van der Waals surface area contributed by atoms with Gasteiger partial charge in [-0.2, -0.15) is 11.8 Å². The van der Waals surface area contributed by atoms with Gasteiger partial charge in [-0.1, -0.05) is 56.5 Å². The molecule has 0 N–H and O–H groups in total. The van der Waals surface area contributed by atoms with Crippen molar-refractivity contribution in [2.75, 3.05) is 6.61 Å². The fraction of sp³-hybridized carbons (Fsp3) is 0.647. The number of hydrogen-bond donors (Lipinski definition) is 0. The molecule has 0 unspecified atom stereocenters. The van der Waals surface area contributed by atoms with Crippen LogP contribution in [0.2, 0.25) is 0 Å². The van der Waals surface area contributed by atoms with Crippen molar-refractivity contribution >= 4 is 11.8 Å². The summed E-state index contributed by atoms with van der Waals surface area (Å²) < 4.78 is 5.91. The lowest BCUT2D eigenvalue weighted by Crippen LogP contribution is -2.22. The largest absolute Gasteiger partial charge is 0.377 e. The standard InChI is InChI=1S/C17H26OS/c1-2-3-5-12-17(16-11-8-13-18-16)19-14-15-9-6-4-7-10-15/h4,6-7,9-10,16-17H,2-3,5,8,11-14H2,1H3/t16-,17+/m0/s1. The second-order valence-corrected chi connectivity index (χ2v) is 6.61. The Morgan fingerprint density at radius 2 is 2.11 bits per heavy atom. The Morgan fingerprint density at radius 1 is 1.26 bits per heavy atom. The predicted molar refractivity (Wildman–Crippen MR) is 84.6 cm³/mol. The topological polar surface area (TPSA) is 9.23 Å². The van der Waals surface area contributed by atoms with Gasteiger partial charge in [-0.05, 0) is 24.8 Å². The third-order valence-corrected chi connectivity index (χ3v) is 5.25. The number of hydrogen-bond acceptors (Lipinski definition) is 2. The summed E-state index contributed by atoms with van der Waals surface area (Å²) in [4.78, 5) is 0. The van der Waals surface area contributed by atoms with E-state index in [9.17, 15) is 0 Å². The van der Waals surface area contributed by atoms with E-state index in [4.69, 9.17) is 4.74 Å². The van der Waals surface area contributed by atoms with Crippen molar-refractivity contribution in [2.24, 2.45) is 0 Å². The van der Waals surface area contributed by atoms with E-state index in [2.05, 4.69) is 49.0 Å². The van der Waals surface area contributed by atoms with Crippen LogP contribution in [-0.4, -0.2) is 18.0 Å². The molecule has 2 atom stereocenters. The van der Waals surface area contributed by atoms with Crippen LogP contribution in [0.15, 0.2) is 30.3 Å². The van der Waals surface area contributed by atoms with Gasteiger partial charge in [0.2, 0.25) is 0 Å². The molecule has 2 heteroatoms. The Bertz CT molecular complexity index is 332. The highest BCUT2D eigenvalue weighted by molar-refractivity contribution is 7.99. The van der Waals surface area contributed by atoms with Crippen molar-refractivity contribution in [2.45, 2.75) is 62.6 Å². The zero-order valence-electron chi connectivity index (χ0n) is 12.0. The third kappa shape index (κ3) is 5.19. The van der Waals surface area contributed by atoms with Crippen LogP contribution >= 0.6 is 11.8 Å². The monoisotopic (exact) mass is 278 g/mol. The maximum absolute atomic E-state index is 5.91. The van der Waals surface area contributed by atoms with E-state index in [0.717, 1.165) is 12.4 Å². The first-order chi connectivity index (χ1) is 9.40. The zero-order chi connectivity index (χ0) is 13.3. The van der Waals surface area contributed by atoms with Crippen LogP contribution in [0.4, 0.5) is 0 Å². The highest BCUT2D eigenvalue weighted by Gasteiger charge is 2.25. The molecule has 19 heavy (non-hydrogen) atoms. The van der Waals surface area contributed by atoms with Crippen LogP contribution in [0.1, 0.15) is 51.0 Å². The zero-order valence-corrected chi connectivity index (χ0v) is 12.8. The maximum atomic E-state index is 5.91. The summed E-state index contributed by atoms with van der Waals surface area (Å²) in [5.74, 6) is 1.12. The van der Waals surface area contributed by atoms with Crippen molar-refractivity contribution in [1.82, 2.24) is 0 Å². The first kappa shape index (κ1) is 14.9. The first-order valence-corrected chi connectivity index (χ1v) is 8.72. The molecular formula is C17H26OS. The molecule has 0 saturated carbocycles. The van der Waals surface area contributed by atoms with E-state index in [1.807, 2.05) is 0 Å². The molecule has 0 bridgehead atoms. The molecule has 0 aromatic heterocycles. The van der Waals surface area contributed by atoms with Crippen LogP contribution in [0.5, 0.6) is 0 Å². The van der Waals surface area contributed by atoms with Crippen molar-refractivity contribution in [3.63, 3.8) is 0 Å². The molecule has 1 aliphatic heterocycles. The summed E-state index contributed by atoms with van der Waals surface area (Å²) in [6, 6.07) is 10.8. The lowest BCUT2D eigenvalue weighted by Gasteiger charge is -2.22. The lowest BCUT2D eigenvalue weighted by molar-refractivity contribution is 0.106. The number of thioether (sulfide) groups is 1. The molecule has 0 radical (unpaired) electrons. The van der Waals surface area contributed by atoms with Gasteiger partial charge in [-0.3, -0.25) is 0 Å². The van der Waals surface area contributed by atoms with Gasteiger partial charge in [0.25, 0.3) is 0 Å². The highest BCUT2D eigenvalue weighted by atomic mass is 32.2. The van der Waals surface area contributed by atoms with Gasteiger partial charge in [0, 0.05) is 17.6 Å². The number of benzene rings is 1. The fourth-order valence-corrected chi connectivity index (χ4v) is 4.01. The second kappa shape index (κ2) is 8.65. The normalized spacial score (nSPS) is 20.6. The van der Waals surface area contributed by atoms with E-state index < -0.39 is 0 Å². The second-order valence-electron chi connectivity index (χ2n) is 5.38. The number of rotatable bonds is 8. The molecule has 1 fully saturated rings. The minimum Gasteiger partial charge on any atom is -0.377 e. The quantitative estimate of drug-likeness (QED) is 0.616. The smallest absolute Gasteiger partial charge is 0.0694 e. The van der Waals surface area contributed by atoms with Crippen molar-refractivity contribution in [3.05, 3.63) is 35.9 Å².